The molecule has 2 N–H and O–H groups in total. The van der Waals surface area contributed by atoms with Crippen LogP contribution in [-0.2, 0) is 16.7 Å². The second-order valence-corrected chi connectivity index (χ2v) is 10.5. The smallest absolute Gasteiger partial charge is 0.380 e. The molecule has 5 atom stereocenters. The number of methoxy groups -OCH3 is 1. The summed E-state index contributed by atoms with van der Waals surface area (Å²) in [7, 11) is -2.53. The van der Waals surface area contributed by atoms with Gasteiger partial charge >= 0.3 is 10.3 Å². The van der Waals surface area contributed by atoms with Gasteiger partial charge in [0, 0.05) is 0 Å². The molecule has 6 heteroatoms. The highest BCUT2D eigenvalue weighted by Crippen LogP contribution is 2.63. The van der Waals surface area contributed by atoms with E-state index in [9.17, 15) is 8.42 Å². The molecule has 3 aliphatic rings. The van der Waals surface area contributed by atoms with Gasteiger partial charge < -0.3 is 8.92 Å². The molecule has 0 radical (unpaired) electrons. The predicted octanol–water partition coefficient (Wildman–Crippen LogP) is 4.94. The van der Waals surface area contributed by atoms with Crippen LogP contribution in [0.25, 0.3) is 0 Å². The summed E-state index contributed by atoms with van der Waals surface area (Å²) in [6, 6.07) is 3.86. The van der Waals surface area contributed by atoms with Gasteiger partial charge in [-0.05, 0) is 97.3 Å². The van der Waals surface area contributed by atoms with Crippen molar-refractivity contribution in [3.05, 3.63) is 23.3 Å². The summed E-state index contributed by atoms with van der Waals surface area (Å²) < 4.78 is 33.4. The minimum absolute atomic E-state index is 0.203. The van der Waals surface area contributed by atoms with Gasteiger partial charge in [0.1, 0.15) is 0 Å². The Labute approximate surface area is 175 Å². The van der Waals surface area contributed by atoms with Gasteiger partial charge in [-0.25, -0.2) is 0 Å². The molecule has 2 fully saturated rings. The number of nitrogens with two attached hydrogens (primary N) is 1. The molecule has 0 aliphatic heterocycles. The lowest BCUT2D eigenvalue weighted by Crippen LogP contribution is -2.49. The third kappa shape index (κ3) is 3.56. The first-order valence-electron chi connectivity index (χ1n) is 11.3. The van der Waals surface area contributed by atoms with Crippen LogP contribution in [0.2, 0.25) is 0 Å². The topological polar surface area (TPSA) is 78.6 Å². The van der Waals surface area contributed by atoms with Crippen LogP contribution in [0.5, 0.6) is 11.5 Å². The van der Waals surface area contributed by atoms with E-state index < -0.39 is 10.3 Å². The van der Waals surface area contributed by atoms with Crippen LogP contribution >= 0.6 is 0 Å². The maximum absolute atomic E-state index is 11.5. The SMILES string of the molecule is CC[C@H]1CCCC2C3CCc4cc(OS(N)(=O)=O)c(OC)cc4C3CC[C@@]21CC. The monoisotopic (exact) mass is 421 g/mol. The highest BCUT2D eigenvalue weighted by atomic mass is 32.2. The zero-order chi connectivity index (χ0) is 20.8. The van der Waals surface area contributed by atoms with Gasteiger partial charge in [0.05, 0.1) is 7.11 Å². The maximum atomic E-state index is 11.5. The van der Waals surface area contributed by atoms with E-state index in [0.29, 0.717) is 17.1 Å². The van der Waals surface area contributed by atoms with E-state index in [2.05, 4.69) is 13.8 Å². The van der Waals surface area contributed by atoms with Gasteiger partial charge in [-0.15, -0.1) is 0 Å². The Hall–Kier alpha value is -1.27. The summed E-state index contributed by atoms with van der Waals surface area (Å²) in [6.45, 7) is 4.79. The lowest BCUT2D eigenvalue weighted by Gasteiger charge is -2.59. The van der Waals surface area contributed by atoms with E-state index >= 15 is 0 Å². The van der Waals surface area contributed by atoms with Crippen molar-refractivity contribution in [1.82, 2.24) is 0 Å². The van der Waals surface area contributed by atoms with Gasteiger partial charge in [-0.3, -0.25) is 0 Å². The van der Waals surface area contributed by atoms with Crippen molar-refractivity contribution in [2.24, 2.45) is 28.3 Å². The number of rotatable bonds is 5. The van der Waals surface area contributed by atoms with E-state index in [1.54, 1.807) is 7.11 Å². The van der Waals surface area contributed by atoms with Crippen LogP contribution in [0.3, 0.4) is 0 Å². The average Bonchev–Trinajstić information content (AvgIpc) is 2.70. The second-order valence-electron chi connectivity index (χ2n) is 9.35. The van der Waals surface area contributed by atoms with Crippen LogP contribution in [0.1, 0.15) is 82.3 Å². The van der Waals surface area contributed by atoms with Crippen molar-refractivity contribution < 1.29 is 17.3 Å². The van der Waals surface area contributed by atoms with Crippen LogP contribution in [0, 0.1) is 23.2 Å². The molecule has 162 valence electrons. The molecule has 0 amide bonds. The summed E-state index contributed by atoms with van der Waals surface area (Å²) >= 11 is 0. The summed E-state index contributed by atoms with van der Waals surface area (Å²) in [5.74, 6) is 3.60. The first kappa shape index (κ1) is 21.0. The van der Waals surface area contributed by atoms with Gasteiger partial charge in [0.25, 0.3) is 0 Å². The Morgan fingerprint density at radius 1 is 1.14 bits per heavy atom. The molecular formula is C23H35NO4S. The fraction of sp³-hybridized carbons (Fsp3) is 0.739. The van der Waals surface area contributed by atoms with Gasteiger partial charge in [0.2, 0.25) is 0 Å². The predicted molar refractivity (Wildman–Crippen MR) is 114 cm³/mol. The highest BCUT2D eigenvalue weighted by molar-refractivity contribution is 7.84. The average molecular weight is 422 g/mol. The molecule has 0 aromatic heterocycles. The fourth-order valence-electron chi connectivity index (χ4n) is 7.39. The Kier molecular flexibility index (Phi) is 5.62. The van der Waals surface area contributed by atoms with Crippen molar-refractivity contribution in [2.75, 3.05) is 7.11 Å². The molecule has 0 heterocycles. The van der Waals surface area contributed by atoms with E-state index in [1.165, 1.54) is 62.5 Å². The molecule has 4 rings (SSSR count). The molecule has 29 heavy (non-hydrogen) atoms. The first-order valence-corrected chi connectivity index (χ1v) is 12.7. The third-order valence-electron chi connectivity index (χ3n) is 8.50. The zero-order valence-corrected chi connectivity index (χ0v) is 18.8. The van der Waals surface area contributed by atoms with E-state index in [1.807, 2.05) is 12.1 Å². The van der Waals surface area contributed by atoms with Crippen LogP contribution in [0.15, 0.2) is 12.1 Å². The van der Waals surface area contributed by atoms with E-state index in [-0.39, 0.29) is 5.75 Å². The number of ether oxygens (including phenoxy) is 1. The molecule has 0 bridgehead atoms. The number of fused-ring (bicyclic) bond motifs is 5. The quantitative estimate of drug-likeness (QED) is 0.730. The Bertz CT molecular complexity index is 868. The molecule has 3 aliphatic carbocycles. The Morgan fingerprint density at radius 3 is 2.59 bits per heavy atom. The standard InChI is InChI=1S/C23H35NO4S/c1-4-16-7-6-8-20-18-10-9-15-13-22(28-29(24,25)26)21(27-3)14-19(15)17(18)11-12-23(16,20)5-2/h13-14,16-18,20H,4-12H2,1-3H3,(H2,24,25,26)/t16-,17?,18?,20?,23+/m0/s1. The van der Waals surface area contributed by atoms with Crippen molar-refractivity contribution in [2.45, 2.75) is 77.6 Å². The summed E-state index contributed by atoms with van der Waals surface area (Å²) in [5, 5.41) is 5.10. The van der Waals surface area contributed by atoms with E-state index in [0.717, 1.165) is 24.2 Å². The summed E-state index contributed by atoms with van der Waals surface area (Å²) in [4.78, 5) is 0. The van der Waals surface area contributed by atoms with Crippen molar-refractivity contribution in [3.8, 4) is 11.5 Å². The Morgan fingerprint density at radius 2 is 1.93 bits per heavy atom. The lowest BCUT2D eigenvalue weighted by molar-refractivity contribution is -0.0679. The molecule has 2 saturated carbocycles. The molecular weight excluding hydrogens is 386 g/mol. The number of benzene rings is 1. The third-order valence-corrected chi connectivity index (χ3v) is 8.91. The summed E-state index contributed by atoms with van der Waals surface area (Å²) in [5.41, 5.74) is 3.05. The molecule has 3 unspecified atom stereocenters. The zero-order valence-electron chi connectivity index (χ0n) is 17.9. The van der Waals surface area contributed by atoms with Crippen molar-refractivity contribution in [3.63, 3.8) is 0 Å². The normalized spacial score (nSPS) is 33.9. The molecule has 1 aromatic rings. The van der Waals surface area contributed by atoms with Crippen LogP contribution < -0.4 is 14.1 Å². The minimum atomic E-state index is -4.08. The molecule has 0 saturated heterocycles. The van der Waals surface area contributed by atoms with Gasteiger partial charge in [0.15, 0.2) is 11.5 Å². The number of aryl methyl sites for hydroxylation is 1. The Balaban J connectivity index is 1.70. The summed E-state index contributed by atoms with van der Waals surface area (Å²) in [6.07, 6.45) is 11.4. The van der Waals surface area contributed by atoms with Crippen molar-refractivity contribution >= 4 is 10.3 Å². The van der Waals surface area contributed by atoms with Gasteiger partial charge in [-0.1, -0.05) is 26.7 Å². The van der Waals surface area contributed by atoms with Crippen LogP contribution in [-0.4, -0.2) is 15.5 Å². The minimum Gasteiger partial charge on any atom is -0.493 e. The molecule has 5 nitrogen and oxygen atoms in total. The second kappa shape index (κ2) is 7.77. The van der Waals surface area contributed by atoms with Crippen LogP contribution in [0.4, 0.5) is 0 Å². The number of hydrogen-bond acceptors (Lipinski definition) is 4. The first-order chi connectivity index (χ1) is 13.8. The van der Waals surface area contributed by atoms with Gasteiger partial charge in [-0.2, -0.15) is 13.6 Å². The molecule has 1 aromatic carbocycles. The lowest BCUT2D eigenvalue weighted by atomic mass is 9.46. The number of hydrogen-bond donors (Lipinski definition) is 1. The molecule has 0 spiro atoms. The highest BCUT2D eigenvalue weighted by Gasteiger charge is 2.53. The van der Waals surface area contributed by atoms with E-state index in [4.69, 9.17) is 14.1 Å². The largest absolute Gasteiger partial charge is 0.493 e. The maximum Gasteiger partial charge on any atom is 0.380 e. The van der Waals surface area contributed by atoms with Crippen molar-refractivity contribution in [1.29, 1.82) is 0 Å². The fourth-order valence-corrected chi connectivity index (χ4v) is 7.77.